The van der Waals surface area contributed by atoms with Crippen molar-refractivity contribution in [3.05, 3.63) is 29.3 Å². The Bertz CT molecular complexity index is 598. The maximum absolute atomic E-state index is 11.2. The van der Waals surface area contributed by atoms with Crippen LogP contribution in [0.3, 0.4) is 0 Å². The zero-order valence-electron chi connectivity index (χ0n) is 13.7. The van der Waals surface area contributed by atoms with Crippen LogP contribution in [0.1, 0.15) is 45.7 Å². The van der Waals surface area contributed by atoms with Gasteiger partial charge in [0.15, 0.2) is 0 Å². The van der Waals surface area contributed by atoms with Crippen LogP contribution in [-0.4, -0.2) is 20.8 Å². The van der Waals surface area contributed by atoms with E-state index >= 15 is 0 Å². The highest BCUT2D eigenvalue weighted by molar-refractivity contribution is 8.13. The number of ether oxygens (including phenoxy) is 1. The number of benzene rings is 1. The van der Waals surface area contributed by atoms with E-state index in [0.717, 1.165) is 11.3 Å². The number of hydrogen-bond donors (Lipinski definition) is 0. The van der Waals surface area contributed by atoms with E-state index in [4.69, 9.17) is 15.4 Å². The highest BCUT2D eigenvalue weighted by Gasteiger charge is 2.27. The SMILES string of the molecule is Cc1ccc(OCC(C)(C)CS(=O)(=O)Cl)c(C(C)(C)C)c1. The van der Waals surface area contributed by atoms with Gasteiger partial charge in [-0.3, -0.25) is 0 Å². The Balaban J connectivity index is 2.94. The number of halogens is 1. The molecule has 0 unspecified atom stereocenters. The fraction of sp³-hybridized carbons (Fsp3) is 0.625. The molecule has 120 valence electrons. The van der Waals surface area contributed by atoms with E-state index < -0.39 is 14.5 Å². The summed E-state index contributed by atoms with van der Waals surface area (Å²) in [4.78, 5) is 0. The Hall–Kier alpha value is -0.740. The van der Waals surface area contributed by atoms with Crippen molar-refractivity contribution >= 4 is 19.7 Å². The molecule has 0 aliphatic carbocycles. The molecule has 3 nitrogen and oxygen atoms in total. The molecule has 0 aliphatic rings. The highest BCUT2D eigenvalue weighted by Crippen LogP contribution is 2.33. The zero-order chi connectivity index (χ0) is 16.5. The lowest BCUT2D eigenvalue weighted by Crippen LogP contribution is -2.29. The summed E-state index contributed by atoms with van der Waals surface area (Å²) in [6.07, 6.45) is 0. The van der Waals surface area contributed by atoms with Crippen LogP contribution in [0.4, 0.5) is 0 Å². The van der Waals surface area contributed by atoms with Gasteiger partial charge in [-0.1, -0.05) is 52.3 Å². The minimum absolute atomic E-state index is 0.0376. The molecule has 5 heteroatoms. The molecule has 0 fully saturated rings. The van der Waals surface area contributed by atoms with Gasteiger partial charge in [-0.2, -0.15) is 0 Å². The molecule has 0 aromatic heterocycles. The van der Waals surface area contributed by atoms with Gasteiger partial charge in [0, 0.05) is 16.1 Å². The number of hydrogen-bond acceptors (Lipinski definition) is 3. The van der Waals surface area contributed by atoms with Crippen molar-refractivity contribution < 1.29 is 13.2 Å². The van der Waals surface area contributed by atoms with Crippen LogP contribution in [0.5, 0.6) is 5.75 Å². The Morgan fingerprint density at radius 1 is 1.14 bits per heavy atom. The molecule has 1 rings (SSSR count). The molecular weight excluding hydrogens is 308 g/mol. The molecule has 21 heavy (non-hydrogen) atoms. The molecule has 0 amide bonds. The second-order valence-electron chi connectivity index (χ2n) is 7.39. The molecule has 0 aliphatic heterocycles. The summed E-state index contributed by atoms with van der Waals surface area (Å²) in [6.45, 7) is 12.4. The monoisotopic (exact) mass is 332 g/mol. The number of aryl methyl sites for hydroxylation is 1. The van der Waals surface area contributed by atoms with Gasteiger partial charge in [0.25, 0.3) is 0 Å². The highest BCUT2D eigenvalue weighted by atomic mass is 35.7. The average Bonchev–Trinajstić information content (AvgIpc) is 2.22. The quantitative estimate of drug-likeness (QED) is 0.756. The van der Waals surface area contributed by atoms with Gasteiger partial charge >= 0.3 is 0 Å². The van der Waals surface area contributed by atoms with Crippen LogP contribution in [0.25, 0.3) is 0 Å². The lowest BCUT2D eigenvalue weighted by molar-refractivity contribution is 0.197. The van der Waals surface area contributed by atoms with Crippen LogP contribution in [-0.2, 0) is 14.5 Å². The summed E-state index contributed by atoms with van der Waals surface area (Å²) < 4.78 is 28.4. The first kappa shape index (κ1) is 18.3. The fourth-order valence-corrected chi connectivity index (χ4v) is 4.04. The molecule has 0 saturated carbocycles. The molecule has 0 spiro atoms. The zero-order valence-corrected chi connectivity index (χ0v) is 15.2. The van der Waals surface area contributed by atoms with E-state index in [1.54, 1.807) is 0 Å². The minimum Gasteiger partial charge on any atom is -0.493 e. The fourth-order valence-electron chi connectivity index (χ4n) is 2.14. The Morgan fingerprint density at radius 3 is 2.19 bits per heavy atom. The van der Waals surface area contributed by atoms with E-state index in [-0.39, 0.29) is 11.2 Å². The Morgan fingerprint density at radius 2 is 1.71 bits per heavy atom. The van der Waals surface area contributed by atoms with Gasteiger partial charge < -0.3 is 4.74 Å². The van der Waals surface area contributed by atoms with Gasteiger partial charge in [-0.15, -0.1) is 0 Å². The predicted molar refractivity (Wildman–Crippen MR) is 88.8 cm³/mol. The van der Waals surface area contributed by atoms with Crippen molar-refractivity contribution in [2.75, 3.05) is 12.4 Å². The molecule has 0 atom stereocenters. The van der Waals surface area contributed by atoms with Crippen molar-refractivity contribution in [3.63, 3.8) is 0 Å². The molecule has 0 heterocycles. The van der Waals surface area contributed by atoms with Crippen LogP contribution in [0, 0.1) is 12.3 Å². The van der Waals surface area contributed by atoms with Crippen LogP contribution < -0.4 is 4.74 Å². The average molecular weight is 333 g/mol. The van der Waals surface area contributed by atoms with E-state index in [1.807, 2.05) is 32.9 Å². The summed E-state index contributed by atoms with van der Waals surface area (Å²) >= 11 is 0. The minimum atomic E-state index is -3.54. The third-order valence-electron chi connectivity index (χ3n) is 3.12. The largest absolute Gasteiger partial charge is 0.493 e. The predicted octanol–water partition coefficient (Wildman–Crippen LogP) is 4.27. The summed E-state index contributed by atoms with van der Waals surface area (Å²) in [7, 11) is 1.80. The maximum atomic E-state index is 11.2. The second kappa shape index (κ2) is 6.17. The smallest absolute Gasteiger partial charge is 0.233 e. The van der Waals surface area contributed by atoms with E-state index in [0.29, 0.717) is 6.61 Å². The lowest BCUT2D eigenvalue weighted by Gasteiger charge is -2.27. The van der Waals surface area contributed by atoms with Gasteiger partial charge in [-0.05, 0) is 24.0 Å². The standard InChI is InChI=1S/C16H25ClO3S/c1-12-7-8-14(13(9-12)15(2,3)4)20-10-16(5,6)11-21(17,18)19/h7-9H,10-11H2,1-6H3. The van der Waals surface area contributed by atoms with E-state index in [1.165, 1.54) is 5.56 Å². The third-order valence-corrected chi connectivity index (χ3v) is 4.58. The Kier molecular flexibility index (Phi) is 5.38. The molecule has 1 aromatic rings. The van der Waals surface area contributed by atoms with Crippen molar-refractivity contribution in [1.29, 1.82) is 0 Å². The maximum Gasteiger partial charge on any atom is 0.233 e. The van der Waals surface area contributed by atoms with Crippen molar-refractivity contribution in [3.8, 4) is 5.75 Å². The molecule has 0 saturated heterocycles. The first-order chi connectivity index (χ1) is 9.30. The first-order valence-electron chi connectivity index (χ1n) is 6.96. The van der Waals surface area contributed by atoms with Crippen LogP contribution >= 0.6 is 10.7 Å². The normalized spacial score (nSPS) is 13.3. The van der Waals surface area contributed by atoms with Gasteiger partial charge in [-0.25, -0.2) is 8.42 Å². The summed E-state index contributed by atoms with van der Waals surface area (Å²) in [5.41, 5.74) is 1.71. The van der Waals surface area contributed by atoms with Gasteiger partial charge in [0.2, 0.25) is 9.05 Å². The first-order valence-corrected chi connectivity index (χ1v) is 9.44. The summed E-state index contributed by atoms with van der Waals surface area (Å²) in [5, 5.41) is 0. The van der Waals surface area contributed by atoms with Gasteiger partial charge in [0.1, 0.15) is 5.75 Å². The lowest BCUT2D eigenvalue weighted by atomic mass is 9.85. The van der Waals surface area contributed by atoms with Crippen molar-refractivity contribution in [2.45, 2.75) is 47.0 Å². The summed E-state index contributed by atoms with van der Waals surface area (Å²) in [5.74, 6) is 0.686. The second-order valence-corrected chi connectivity index (χ2v) is 10.2. The topological polar surface area (TPSA) is 43.4 Å². The van der Waals surface area contributed by atoms with E-state index in [2.05, 4.69) is 26.8 Å². The summed E-state index contributed by atoms with van der Waals surface area (Å²) in [6, 6.07) is 6.05. The molecule has 1 aromatic carbocycles. The van der Waals surface area contributed by atoms with E-state index in [9.17, 15) is 8.42 Å². The van der Waals surface area contributed by atoms with Crippen LogP contribution in [0.15, 0.2) is 18.2 Å². The van der Waals surface area contributed by atoms with Crippen molar-refractivity contribution in [2.24, 2.45) is 5.41 Å². The molecule has 0 radical (unpaired) electrons. The van der Waals surface area contributed by atoms with Crippen molar-refractivity contribution in [1.82, 2.24) is 0 Å². The third kappa shape index (κ3) is 6.27. The molecular formula is C16H25ClO3S. The molecule has 0 N–H and O–H groups in total. The Labute approximate surface area is 133 Å². The number of rotatable bonds is 5. The van der Waals surface area contributed by atoms with Crippen LogP contribution in [0.2, 0.25) is 0 Å². The molecule has 0 bridgehead atoms. The van der Waals surface area contributed by atoms with Gasteiger partial charge in [0.05, 0.1) is 12.4 Å².